The molecule has 0 aliphatic carbocycles. The Morgan fingerprint density at radius 3 is 2.14 bits per heavy atom. The third-order valence-electron chi connectivity index (χ3n) is 4.84. The summed E-state index contributed by atoms with van der Waals surface area (Å²) in [5, 5.41) is 0. The van der Waals surface area contributed by atoms with Crippen molar-refractivity contribution in [3.8, 4) is 5.75 Å². The Bertz CT molecular complexity index is 584. The van der Waals surface area contributed by atoms with Crippen LogP contribution in [-0.4, -0.2) is 49.5 Å². The van der Waals surface area contributed by atoms with E-state index >= 15 is 0 Å². The van der Waals surface area contributed by atoms with E-state index in [1.54, 1.807) is 0 Å². The predicted octanol–water partition coefficient (Wildman–Crippen LogP) is 5.37. The Balaban J connectivity index is 0.00000392. The Hall–Kier alpha value is -1.30. The topological polar surface area (TPSA) is 48.0 Å². The lowest BCUT2D eigenvalue weighted by Crippen LogP contribution is -2.45. The third kappa shape index (κ3) is 7.26. The van der Waals surface area contributed by atoms with Gasteiger partial charge in [0.15, 0.2) is 0 Å². The second-order valence-electron chi connectivity index (χ2n) is 8.15. The summed E-state index contributed by atoms with van der Waals surface area (Å²) in [6.45, 7) is 15.7. The number of halogens is 1. The highest BCUT2D eigenvalue weighted by molar-refractivity contribution is 5.85. The van der Waals surface area contributed by atoms with Gasteiger partial charge in [0.2, 0.25) is 0 Å². The molecule has 2 unspecified atom stereocenters. The molecule has 1 aliphatic heterocycles. The Morgan fingerprint density at radius 2 is 1.64 bits per heavy atom. The lowest BCUT2D eigenvalue weighted by atomic mass is 9.94. The molecule has 0 aromatic heterocycles. The van der Waals surface area contributed by atoms with Gasteiger partial charge in [0.25, 0.3) is 0 Å². The van der Waals surface area contributed by atoms with Crippen LogP contribution in [0.3, 0.4) is 0 Å². The van der Waals surface area contributed by atoms with E-state index in [2.05, 4.69) is 46.4 Å². The SMILES string of the molecule is CC1CN(CCCOC(=O)Oc2c(C(C)C)cccc2C(C)C)CC(C)O1.Cl. The zero-order chi connectivity index (χ0) is 20.0. The molecule has 0 spiro atoms. The van der Waals surface area contributed by atoms with Crippen molar-refractivity contribution in [3.05, 3.63) is 29.3 Å². The number of hydrogen-bond acceptors (Lipinski definition) is 5. The molecule has 1 aromatic rings. The third-order valence-corrected chi connectivity index (χ3v) is 4.84. The highest BCUT2D eigenvalue weighted by Crippen LogP contribution is 2.34. The maximum Gasteiger partial charge on any atom is 0.513 e. The van der Waals surface area contributed by atoms with E-state index in [1.807, 2.05) is 18.2 Å². The molecule has 1 heterocycles. The van der Waals surface area contributed by atoms with Crippen LogP contribution < -0.4 is 4.74 Å². The van der Waals surface area contributed by atoms with Crippen LogP contribution in [0.4, 0.5) is 4.79 Å². The predicted molar refractivity (Wildman–Crippen MR) is 115 cm³/mol. The lowest BCUT2D eigenvalue weighted by molar-refractivity contribution is -0.0690. The number of hydrogen-bond donors (Lipinski definition) is 0. The summed E-state index contributed by atoms with van der Waals surface area (Å²) in [6, 6.07) is 6.05. The summed E-state index contributed by atoms with van der Waals surface area (Å²) in [7, 11) is 0. The number of morpholine rings is 1. The first-order valence-corrected chi connectivity index (χ1v) is 10.1. The van der Waals surface area contributed by atoms with Gasteiger partial charge in [-0.3, -0.25) is 4.90 Å². The number of rotatable bonds is 7. The van der Waals surface area contributed by atoms with Crippen LogP contribution in [-0.2, 0) is 9.47 Å². The first kappa shape index (κ1) is 24.7. The molecule has 2 rings (SSSR count). The van der Waals surface area contributed by atoms with Crippen LogP contribution in [0.1, 0.15) is 70.9 Å². The lowest BCUT2D eigenvalue weighted by Gasteiger charge is -2.35. The normalized spacial score (nSPS) is 20.1. The first-order chi connectivity index (χ1) is 12.8. The van der Waals surface area contributed by atoms with Gasteiger partial charge in [0.05, 0.1) is 18.8 Å². The van der Waals surface area contributed by atoms with Crippen LogP contribution in [0, 0.1) is 0 Å². The van der Waals surface area contributed by atoms with Gasteiger partial charge in [-0.1, -0.05) is 45.9 Å². The minimum absolute atomic E-state index is 0. The van der Waals surface area contributed by atoms with Crippen molar-refractivity contribution in [2.45, 2.75) is 72.0 Å². The Labute approximate surface area is 176 Å². The average Bonchev–Trinajstić information content (AvgIpc) is 2.57. The fourth-order valence-corrected chi connectivity index (χ4v) is 3.62. The number of nitrogens with zero attached hydrogens (tertiary/aromatic N) is 1. The zero-order valence-corrected chi connectivity index (χ0v) is 18.9. The molecule has 6 heteroatoms. The van der Waals surface area contributed by atoms with Crippen molar-refractivity contribution >= 4 is 18.6 Å². The monoisotopic (exact) mass is 413 g/mol. The van der Waals surface area contributed by atoms with Crippen LogP contribution in [0.15, 0.2) is 18.2 Å². The molecule has 0 bridgehead atoms. The van der Waals surface area contributed by atoms with E-state index in [1.165, 1.54) is 0 Å². The van der Waals surface area contributed by atoms with E-state index in [-0.39, 0.29) is 36.5 Å². The quantitative estimate of drug-likeness (QED) is 0.341. The van der Waals surface area contributed by atoms with Crippen LogP contribution >= 0.6 is 12.4 Å². The van der Waals surface area contributed by atoms with Crippen LogP contribution in [0.2, 0.25) is 0 Å². The molecule has 28 heavy (non-hydrogen) atoms. The molecule has 5 nitrogen and oxygen atoms in total. The van der Waals surface area contributed by atoms with Gasteiger partial charge in [-0.15, -0.1) is 12.4 Å². The Kier molecular flexibility index (Phi) is 10.3. The van der Waals surface area contributed by atoms with Crippen molar-refractivity contribution in [3.63, 3.8) is 0 Å². The standard InChI is InChI=1S/C22H35NO4.ClH/c1-15(2)19-9-7-10-20(16(3)4)21(19)27-22(24)25-12-8-11-23-13-17(5)26-18(6)14-23;/h7,9-10,15-18H,8,11-14H2,1-6H3;1H. The molecule has 0 N–H and O–H groups in total. The van der Waals surface area contributed by atoms with E-state index in [0.717, 1.165) is 37.2 Å². The summed E-state index contributed by atoms with van der Waals surface area (Å²) >= 11 is 0. The van der Waals surface area contributed by atoms with Crippen molar-refractivity contribution in [2.75, 3.05) is 26.2 Å². The smallest absolute Gasteiger partial charge is 0.434 e. The minimum atomic E-state index is -0.617. The molecule has 1 aromatic carbocycles. The van der Waals surface area contributed by atoms with Gasteiger partial charge < -0.3 is 14.2 Å². The van der Waals surface area contributed by atoms with Crippen LogP contribution in [0.5, 0.6) is 5.75 Å². The van der Waals surface area contributed by atoms with E-state index in [4.69, 9.17) is 14.2 Å². The van der Waals surface area contributed by atoms with E-state index in [9.17, 15) is 4.79 Å². The van der Waals surface area contributed by atoms with Crippen molar-refractivity contribution < 1.29 is 19.0 Å². The number of carbonyl (C=O) groups excluding carboxylic acids is 1. The molecular weight excluding hydrogens is 378 g/mol. The molecule has 0 radical (unpaired) electrons. The molecule has 1 saturated heterocycles. The average molecular weight is 414 g/mol. The molecule has 1 aliphatic rings. The second kappa shape index (κ2) is 11.6. The van der Waals surface area contributed by atoms with Crippen LogP contribution in [0.25, 0.3) is 0 Å². The van der Waals surface area contributed by atoms with Gasteiger partial charge in [-0.25, -0.2) is 4.79 Å². The largest absolute Gasteiger partial charge is 0.513 e. The molecule has 2 atom stereocenters. The Morgan fingerprint density at radius 1 is 1.11 bits per heavy atom. The second-order valence-corrected chi connectivity index (χ2v) is 8.15. The number of carbonyl (C=O) groups is 1. The number of ether oxygens (including phenoxy) is 3. The highest BCUT2D eigenvalue weighted by Gasteiger charge is 2.22. The van der Waals surface area contributed by atoms with Crippen molar-refractivity contribution in [1.82, 2.24) is 4.90 Å². The van der Waals surface area contributed by atoms with E-state index in [0.29, 0.717) is 12.4 Å². The molecule has 160 valence electrons. The minimum Gasteiger partial charge on any atom is -0.434 e. The summed E-state index contributed by atoms with van der Waals surface area (Å²) < 4.78 is 16.7. The van der Waals surface area contributed by atoms with Gasteiger partial charge in [0.1, 0.15) is 5.75 Å². The van der Waals surface area contributed by atoms with Gasteiger partial charge >= 0.3 is 6.16 Å². The van der Waals surface area contributed by atoms with Gasteiger partial charge in [0, 0.05) is 19.6 Å². The van der Waals surface area contributed by atoms with Gasteiger partial charge in [-0.2, -0.15) is 0 Å². The summed E-state index contributed by atoms with van der Waals surface area (Å²) in [5.74, 6) is 1.21. The fourth-order valence-electron chi connectivity index (χ4n) is 3.62. The summed E-state index contributed by atoms with van der Waals surface area (Å²) in [4.78, 5) is 14.6. The maximum absolute atomic E-state index is 12.2. The van der Waals surface area contributed by atoms with Crippen molar-refractivity contribution in [1.29, 1.82) is 0 Å². The van der Waals surface area contributed by atoms with Crippen molar-refractivity contribution in [2.24, 2.45) is 0 Å². The van der Waals surface area contributed by atoms with Gasteiger partial charge in [-0.05, 0) is 43.2 Å². The number of benzene rings is 1. The highest BCUT2D eigenvalue weighted by atomic mass is 35.5. The summed E-state index contributed by atoms with van der Waals surface area (Å²) in [6.07, 6.45) is 0.675. The maximum atomic E-state index is 12.2. The molecule has 1 fully saturated rings. The fraction of sp³-hybridized carbons (Fsp3) is 0.682. The first-order valence-electron chi connectivity index (χ1n) is 10.1. The zero-order valence-electron chi connectivity index (χ0n) is 18.1. The molecule has 0 saturated carbocycles. The number of para-hydroxylation sites is 1. The van der Waals surface area contributed by atoms with E-state index < -0.39 is 6.16 Å². The molecular formula is C22H36ClNO4. The molecule has 0 amide bonds. The summed E-state index contributed by atoms with van der Waals surface area (Å²) in [5.41, 5.74) is 2.07.